The van der Waals surface area contributed by atoms with Crippen LogP contribution in [-0.2, 0) is 21.2 Å². The molecule has 6 heteroatoms. The molecule has 114 valence electrons. The zero-order valence-corrected chi connectivity index (χ0v) is 12.9. The minimum atomic E-state index is -3.83. The molecule has 2 N–H and O–H groups in total. The van der Waals surface area contributed by atoms with E-state index in [1.165, 1.54) is 0 Å². The van der Waals surface area contributed by atoms with E-state index in [1.807, 2.05) is 19.1 Å². The summed E-state index contributed by atoms with van der Waals surface area (Å²) in [6.07, 6.45) is 0.302. The lowest BCUT2D eigenvalue weighted by molar-refractivity contribution is -0.118. The summed E-state index contributed by atoms with van der Waals surface area (Å²) in [6, 6.07) is 12.7. The quantitative estimate of drug-likeness (QED) is 0.934. The van der Waals surface area contributed by atoms with Crippen LogP contribution in [0.3, 0.4) is 0 Å². The number of rotatable bonds is 3. The van der Waals surface area contributed by atoms with Crippen molar-refractivity contribution < 1.29 is 13.2 Å². The maximum atomic E-state index is 12.9. The first kappa shape index (κ1) is 14.6. The van der Waals surface area contributed by atoms with Crippen LogP contribution in [0, 0.1) is 6.92 Å². The van der Waals surface area contributed by atoms with E-state index in [1.54, 1.807) is 36.4 Å². The second kappa shape index (κ2) is 5.14. The predicted octanol–water partition coefficient (Wildman–Crippen LogP) is 1.60. The number of benzene rings is 2. The number of hydrogen-bond donors (Lipinski definition) is 1. The number of carbonyl (C=O) groups excluding carboxylic acids is 1. The fourth-order valence-corrected chi connectivity index (χ4v) is 4.35. The van der Waals surface area contributed by atoms with Crippen LogP contribution in [0.4, 0.5) is 5.69 Å². The molecular weight excluding hydrogens is 300 g/mol. The average Bonchev–Trinajstić information content (AvgIpc) is 2.88. The van der Waals surface area contributed by atoms with Gasteiger partial charge in [-0.05, 0) is 30.7 Å². The molecule has 22 heavy (non-hydrogen) atoms. The van der Waals surface area contributed by atoms with E-state index in [0.29, 0.717) is 12.1 Å². The average molecular weight is 316 g/mol. The Kier molecular flexibility index (Phi) is 3.41. The van der Waals surface area contributed by atoms with Crippen molar-refractivity contribution in [3.8, 4) is 0 Å². The first-order valence-electron chi connectivity index (χ1n) is 6.89. The molecule has 0 spiro atoms. The number of nitrogens with zero attached hydrogens (tertiary/aromatic N) is 1. The van der Waals surface area contributed by atoms with Gasteiger partial charge >= 0.3 is 0 Å². The van der Waals surface area contributed by atoms with Gasteiger partial charge < -0.3 is 5.73 Å². The van der Waals surface area contributed by atoms with Gasteiger partial charge in [-0.25, -0.2) is 8.42 Å². The van der Waals surface area contributed by atoms with Crippen molar-refractivity contribution in [2.45, 2.75) is 24.3 Å². The lowest BCUT2D eigenvalue weighted by atomic mass is 10.1. The maximum Gasteiger partial charge on any atom is 0.265 e. The molecule has 0 aromatic heterocycles. The summed E-state index contributed by atoms with van der Waals surface area (Å²) in [5, 5.41) is 0. The Labute approximate surface area is 129 Å². The van der Waals surface area contributed by atoms with Crippen molar-refractivity contribution in [2.24, 2.45) is 5.73 Å². The summed E-state index contributed by atoms with van der Waals surface area (Å²) in [7, 11) is -3.83. The summed E-state index contributed by atoms with van der Waals surface area (Å²) in [6.45, 7) is 1.88. The Morgan fingerprint density at radius 1 is 1.14 bits per heavy atom. The molecular formula is C16H16N2O3S. The SMILES string of the molecule is Cc1ccc(S(=O)(=O)N2c3ccccc3CC2C(N)=O)cc1. The van der Waals surface area contributed by atoms with Crippen molar-refractivity contribution in [2.75, 3.05) is 4.31 Å². The standard InChI is InChI=1S/C16H16N2O3S/c1-11-6-8-13(9-7-11)22(20,21)18-14-5-3-2-4-12(14)10-15(18)16(17)19/h2-9,15H,10H2,1H3,(H2,17,19). The number of amides is 1. The number of sulfonamides is 1. The van der Waals surface area contributed by atoms with Crippen LogP contribution in [0.25, 0.3) is 0 Å². The zero-order valence-electron chi connectivity index (χ0n) is 12.1. The first-order chi connectivity index (χ1) is 10.4. The number of fused-ring (bicyclic) bond motifs is 1. The van der Waals surface area contributed by atoms with Crippen LogP contribution < -0.4 is 10.0 Å². The molecule has 1 heterocycles. The van der Waals surface area contributed by atoms with Crippen molar-refractivity contribution in [3.05, 3.63) is 59.7 Å². The maximum absolute atomic E-state index is 12.9. The van der Waals surface area contributed by atoms with E-state index >= 15 is 0 Å². The van der Waals surface area contributed by atoms with Crippen molar-refractivity contribution >= 4 is 21.6 Å². The number of aryl methyl sites for hydroxylation is 1. The Morgan fingerprint density at radius 2 is 1.77 bits per heavy atom. The molecule has 1 amide bonds. The molecule has 0 saturated heterocycles. The molecule has 1 aliphatic heterocycles. The van der Waals surface area contributed by atoms with E-state index in [4.69, 9.17) is 5.73 Å². The number of carbonyl (C=O) groups is 1. The second-order valence-corrected chi connectivity index (χ2v) is 7.18. The highest BCUT2D eigenvalue weighted by Gasteiger charge is 2.41. The summed E-state index contributed by atoms with van der Waals surface area (Å²) >= 11 is 0. The third kappa shape index (κ3) is 2.25. The van der Waals surface area contributed by atoms with Gasteiger partial charge in [-0.1, -0.05) is 35.9 Å². The van der Waals surface area contributed by atoms with Gasteiger partial charge in [0.25, 0.3) is 10.0 Å². The fraction of sp³-hybridized carbons (Fsp3) is 0.188. The van der Waals surface area contributed by atoms with Crippen LogP contribution in [-0.4, -0.2) is 20.4 Å². The third-order valence-electron chi connectivity index (χ3n) is 3.83. The molecule has 5 nitrogen and oxygen atoms in total. The molecule has 2 aromatic carbocycles. The van der Waals surface area contributed by atoms with Gasteiger partial charge in [0.1, 0.15) is 6.04 Å². The topological polar surface area (TPSA) is 80.5 Å². The van der Waals surface area contributed by atoms with E-state index in [2.05, 4.69) is 0 Å². The number of anilines is 1. The molecule has 0 radical (unpaired) electrons. The fourth-order valence-electron chi connectivity index (χ4n) is 2.69. The second-order valence-electron chi connectivity index (χ2n) is 5.36. The number of para-hydroxylation sites is 1. The van der Waals surface area contributed by atoms with Gasteiger partial charge in [0.05, 0.1) is 10.6 Å². The van der Waals surface area contributed by atoms with Crippen molar-refractivity contribution in [1.82, 2.24) is 0 Å². The molecule has 1 aliphatic rings. The van der Waals surface area contributed by atoms with Crippen molar-refractivity contribution in [1.29, 1.82) is 0 Å². The first-order valence-corrected chi connectivity index (χ1v) is 8.33. The zero-order chi connectivity index (χ0) is 15.9. The van der Waals surface area contributed by atoms with Gasteiger partial charge in [-0.2, -0.15) is 0 Å². The van der Waals surface area contributed by atoms with Gasteiger partial charge in [-0.15, -0.1) is 0 Å². The van der Waals surface area contributed by atoms with E-state index < -0.39 is 22.0 Å². The summed E-state index contributed by atoms with van der Waals surface area (Å²) in [5.41, 5.74) is 7.71. The van der Waals surface area contributed by atoms with Crippen LogP contribution in [0.2, 0.25) is 0 Å². The van der Waals surface area contributed by atoms with Crippen molar-refractivity contribution in [3.63, 3.8) is 0 Å². The molecule has 3 rings (SSSR count). The van der Waals surface area contributed by atoms with E-state index in [9.17, 15) is 13.2 Å². The minimum Gasteiger partial charge on any atom is -0.368 e. The summed E-state index contributed by atoms with van der Waals surface area (Å²) in [4.78, 5) is 11.9. The van der Waals surface area contributed by atoms with Crippen LogP contribution in [0.1, 0.15) is 11.1 Å². The number of hydrogen-bond acceptors (Lipinski definition) is 3. The lowest BCUT2D eigenvalue weighted by Gasteiger charge is -2.25. The van der Waals surface area contributed by atoms with Gasteiger partial charge in [0, 0.05) is 6.42 Å². The van der Waals surface area contributed by atoms with Crippen LogP contribution in [0.15, 0.2) is 53.4 Å². The van der Waals surface area contributed by atoms with Crippen LogP contribution >= 0.6 is 0 Å². The Balaban J connectivity index is 2.14. The highest BCUT2D eigenvalue weighted by molar-refractivity contribution is 7.93. The molecule has 0 fully saturated rings. The Morgan fingerprint density at radius 3 is 2.41 bits per heavy atom. The van der Waals surface area contributed by atoms with Gasteiger partial charge in [0.2, 0.25) is 5.91 Å². The van der Waals surface area contributed by atoms with Crippen LogP contribution in [0.5, 0.6) is 0 Å². The van der Waals surface area contributed by atoms with Gasteiger partial charge in [0.15, 0.2) is 0 Å². The number of nitrogens with two attached hydrogens (primary N) is 1. The minimum absolute atomic E-state index is 0.154. The Bertz CT molecular complexity index is 829. The molecule has 1 unspecified atom stereocenters. The Hall–Kier alpha value is -2.34. The smallest absolute Gasteiger partial charge is 0.265 e. The van der Waals surface area contributed by atoms with E-state index in [0.717, 1.165) is 15.4 Å². The highest BCUT2D eigenvalue weighted by atomic mass is 32.2. The predicted molar refractivity (Wildman–Crippen MR) is 84.0 cm³/mol. The summed E-state index contributed by atoms with van der Waals surface area (Å²) < 4.78 is 27.0. The molecule has 2 aromatic rings. The molecule has 0 bridgehead atoms. The molecule has 1 atom stereocenters. The highest BCUT2D eigenvalue weighted by Crippen LogP contribution is 2.36. The number of primary amides is 1. The monoisotopic (exact) mass is 316 g/mol. The van der Waals surface area contributed by atoms with E-state index in [-0.39, 0.29) is 4.90 Å². The lowest BCUT2D eigenvalue weighted by Crippen LogP contribution is -2.45. The largest absolute Gasteiger partial charge is 0.368 e. The van der Waals surface area contributed by atoms with Gasteiger partial charge in [-0.3, -0.25) is 9.10 Å². The molecule has 0 aliphatic carbocycles. The third-order valence-corrected chi connectivity index (χ3v) is 5.67. The summed E-state index contributed by atoms with van der Waals surface area (Å²) in [5.74, 6) is -0.646. The molecule has 0 saturated carbocycles. The normalized spacial score (nSPS) is 17.3.